The van der Waals surface area contributed by atoms with Crippen molar-refractivity contribution in [1.29, 1.82) is 0 Å². The minimum Gasteiger partial charge on any atom is -0.366 e. The molecule has 0 saturated carbocycles. The monoisotopic (exact) mass is 461 g/mol. The summed E-state index contributed by atoms with van der Waals surface area (Å²) in [5.74, 6) is -0.489. The third kappa shape index (κ3) is 4.08. The van der Waals surface area contributed by atoms with Gasteiger partial charge in [-0.3, -0.25) is 19.8 Å². The third-order valence-electron chi connectivity index (χ3n) is 6.73. The summed E-state index contributed by atoms with van der Waals surface area (Å²) in [7, 11) is 0. The Kier molecular flexibility index (Phi) is 5.91. The van der Waals surface area contributed by atoms with Gasteiger partial charge in [0, 0.05) is 17.8 Å². The molecule has 172 valence electrons. The first-order valence-corrected chi connectivity index (χ1v) is 11.8. The fourth-order valence-corrected chi connectivity index (χ4v) is 5.57. The number of carbonyl (C=O) groups is 2. The number of hydrogen-bond acceptors (Lipinski definition) is 4. The van der Waals surface area contributed by atoms with E-state index in [1.54, 1.807) is 6.08 Å². The molecule has 1 atom stereocenters. The number of rotatable bonds is 3. The average molecular weight is 462 g/mol. The number of nitrogens with one attached hydrogen (secondary N) is 1. The molecule has 2 heterocycles. The summed E-state index contributed by atoms with van der Waals surface area (Å²) in [5, 5.41) is 2.80. The Bertz CT molecular complexity index is 1200. The molecule has 0 aromatic heterocycles. The lowest BCUT2D eigenvalue weighted by molar-refractivity contribution is -0.122. The highest BCUT2D eigenvalue weighted by atomic mass is 32.1. The molecule has 5 nitrogen and oxygen atoms in total. The number of carbonyl (C=O) groups excluding carboxylic acids is 2. The van der Waals surface area contributed by atoms with E-state index in [0.29, 0.717) is 11.6 Å². The van der Waals surface area contributed by atoms with Crippen molar-refractivity contribution < 1.29 is 9.59 Å². The van der Waals surface area contributed by atoms with Crippen LogP contribution in [0.5, 0.6) is 0 Å². The van der Waals surface area contributed by atoms with Crippen molar-refractivity contribution in [3.8, 4) is 0 Å². The Morgan fingerprint density at radius 2 is 1.82 bits per heavy atom. The number of thiocarbonyl (C=S) groups is 1. The smallest absolute Gasteiger partial charge is 0.270 e. The van der Waals surface area contributed by atoms with Crippen molar-refractivity contribution in [3.63, 3.8) is 0 Å². The quantitative estimate of drug-likeness (QED) is 0.386. The van der Waals surface area contributed by atoms with E-state index in [4.69, 9.17) is 12.2 Å². The highest BCUT2D eigenvalue weighted by Gasteiger charge is 2.37. The van der Waals surface area contributed by atoms with Gasteiger partial charge in [0.2, 0.25) is 0 Å². The summed E-state index contributed by atoms with van der Waals surface area (Å²) in [6, 6.07) is 12.0. The van der Waals surface area contributed by atoms with Crippen LogP contribution in [0.4, 0.5) is 11.4 Å². The van der Waals surface area contributed by atoms with Crippen molar-refractivity contribution in [2.45, 2.75) is 59.4 Å². The van der Waals surface area contributed by atoms with E-state index in [9.17, 15) is 9.59 Å². The van der Waals surface area contributed by atoms with Crippen molar-refractivity contribution >= 4 is 46.6 Å². The number of hydrogen-bond donors (Lipinski definition) is 1. The molecule has 0 radical (unpaired) electrons. The molecular weight excluding hydrogens is 430 g/mol. The van der Waals surface area contributed by atoms with E-state index < -0.39 is 11.8 Å². The molecule has 2 aliphatic heterocycles. The van der Waals surface area contributed by atoms with E-state index >= 15 is 0 Å². The lowest BCUT2D eigenvalue weighted by Gasteiger charge is -2.47. The molecule has 1 N–H and O–H groups in total. The van der Waals surface area contributed by atoms with Crippen LogP contribution < -0.4 is 15.1 Å². The van der Waals surface area contributed by atoms with Gasteiger partial charge in [-0.05, 0) is 100 Å². The van der Waals surface area contributed by atoms with Crippen LogP contribution in [0.25, 0.3) is 6.08 Å². The van der Waals surface area contributed by atoms with Gasteiger partial charge >= 0.3 is 0 Å². The largest absolute Gasteiger partial charge is 0.366 e. The van der Waals surface area contributed by atoms with Gasteiger partial charge in [0.05, 0.1) is 5.69 Å². The summed E-state index contributed by atoms with van der Waals surface area (Å²) in [6.45, 7) is 13.8. The number of benzene rings is 2. The maximum absolute atomic E-state index is 13.4. The summed E-state index contributed by atoms with van der Waals surface area (Å²) in [5.41, 5.74) is 6.17. The zero-order valence-corrected chi connectivity index (χ0v) is 21.0. The normalized spacial score (nSPS) is 21.3. The SMILES string of the molecule is CCN1c2ccc(/C=C3\C(=O)NC(=S)N(c4ccc(C)cc4C)C3=O)cc2[C@H](C)CC1(C)C. The van der Waals surface area contributed by atoms with Gasteiger partial charge in [-0.25, -0.2) is 0 Å². The number of aryl methyl sites for hydroxylation is 2. The van der Waals surface area contributed by atoms with Crippen LogP contribution in [0.3, 0.4) is 0 Å². The van der Waals surface area contributed by atoms with Crippen LogP contribution in [-0.4, -0.2) is 29.0 Å². The average Bonchev–Trinajstić information content (AvgIpc) is 2.72. The molecule has 1 fully saturated rings. The van der Waals surface area contributed by atoms with Crippen LogP contribution in [0.15, 0.2) is 42.0 Å². The highest BCUT2D eigenvalue weighted by Crippen LogP contribution is 2.43. The number of nitrogens with zero attached hydrogens (tertiary/aromatic N) is 2. The van der Waals surface area contributed by atoms with Gasteiger partial charge < -0.3 is 4.90 Å². The van der Waals surface area contributed by atoms with Crippen molar-refractivity contribution in [1.82, 2.24) is 5.32 Å². The molecule has 4 rings (SSSR count). The van der Waals surface area contributed by atoms with Gasteiger partial charge in [0.1, 0.15) is 5.57 Å². The van der Waals surface area contributed by atoms with Crippen molar-refractivity contribution in [3.05, 3.63) is 64.2 Å². The van der Waals surface area contributed by atoms with Crippen LogP contribution in [-0.2, 0) is 9.59 Å². The van der Waals surface area contributed by atoms with Crippen LogP contribution in [0.1, 0.15) is 62.3 Å². The topological polar surface area (TPSA) is 52.7 Å². The van der Waals surface area contributed by atoms with E-state index in [2.05, 4.69) is 50.0 Å². The molecular formula is C27H31N3O2S. The summed E-state index contributed by atoms with van der Waals surface area (Å²) in [6.07, 6.45) is 2.72. The van der Waals surface area contributed by atoms with Gasteiger partial charge in [0.25, 0.3) is 11.8 Å². The van der Waals surface area contributed by atoms with Crippen LogP contribution in [0.2, 0.25) is 0 Å². The summed E-state index contributed by atoms with van der Waals surface area (Å²) < 4.78 is 0. The molecule has 2 aromatic rings. The minimum atomic E-state index is -0.465. The molecule has 2 amide bonds. The van der Waals surface area contributed by atoms with Crippen molar-refractivity contribution in [2.75, 3.05) is 16.3 Å². The molecule has 0 bridgehead atoms. The molecule has 1 saturated heterocycles. The molecule has 6 heteroatoms. The zero-order valence-electron chi connectivity index (χ0n) is 20.2. The van der Waals surface area contributed by atoms with Crippen LogP contribution in [0, 0.1) is 13.8 Å². The predicted molar refractivity (Wildman–Crippen MR) is 139 cm³/mol. The Morgan fingerprint density at radius 3 is 2.48 bits per heavy atom. The zero-order chi connectivity index (χ0) is 24.1. The Labute approximate surface area is 201 Å². The Balaban J connectivity index is 1.74. The first-order valence-electron chi connectivity index (χ1n) is 11.4. The Hall–Kier alpha value is -2.99. The summed E-state index contributed by atoms with van der Waals surface area (Å²) >= 11 is 5.36. The second-order valence-electron chi connectivity index (χ2n) is 9.73. The van der Waals surface area contributed by atoms with E-state index in [1.807, 2.05) is 38.1 Å². The molecule has 0 unspecified atom stereocenters. The first kappa shape index (κ1) is 23.2. The molecule has 2 aliphatic rings. The number of amides is 2. The third-order valence-corrected chi connectivity index (χ3v) is 7.02. The predicted octanol–water partition coefficient (Wildman–Crippen LogP) is 5.25. The van der Waals surface area contributed by atoms with Crippen molar-refractivity contribution in [2.24, 2.45) is 0 Å². The standard InChI is InChI=1S/C27H31N3O2S/c1-7-29-23-11-9-19(13-20(23)18(4)15-27(29,5)6)14-21-24(31)28-26(33)30(25(21)32)22-10-8-16(2)12-17(22)3/h8-14,18H,7,15H2,1-6H3,(H,28,31,33)/b21-14+/t18-/m1/s1. The molecule has 33 heavy (non-hydrogen) atoms. The fraction of sp³-hybridized carbons (Fsp3) is 0.370. The lowest BCUT2D eigenvalue weighted by Crippen LogP contribution is -2.54. The number of anilines is 2. The maximum atomic E-state index is 13.4. The lowest BCUT2D eigenvalue weighted by atomic mass is 9.79. The van der Waals surface area contributed by atoms with Gasteiger partial charge in [0.15, 0.2) is 5.11 Å². The maximum Gasteiger partial charge on any atom is 0.270 e. The number of fused-ring (bicyclic) bond motifs is 1. The second-order valence-corrected chi connectivity index (χ2v) is 10.1. The van der Waals surface area contributed by atoms with Crippen LogP contribution >= 0.6 is 12.2 Å². The highest BCUT2D eigenvalue weighted by molar-refractivity contribution is 7.80. The Morgan fingerprint density at radius 1 is 1.12 bits per heavy atom. The first-order chi connectivity index (χ1) is 15.5. The molecule has 2 aromatic carbocycles. The fourth-order valence-electron chi connectivity index (χ4n) is 5.30. The molecule has 0 aliphatic carbocycles. The van der Waals surface area contributed by atoms with E-state index in [0.717, 1.165) is 29.7 Å². The van der Waals surface area contributed by atoms with Gasteiger partial charge in [-0.1, -0.05) is 30.7 Å². The van der Waals surface area contributed by atoms with E-state index in [1.165, 1.54) is 16.2 Å². The second kappa shape index (κ2) is 8.41. The van der Waals surface area contributed by atoms with Gasteiger partial charge in [-0.15, -0.1) is 0 Å². The minimum absolute atomic E-state index is 0.0830. The van der Waals surface area contributed by atoms with E-state index in [-0.39, 0.29) is 16.2 Å². The molecule has 0 spiro atoms. The van der Waals surface area contributed by atoms with Gasteiger partial charge in [-0.2, -0.15) is 0 Å². The summed E-state index contributed by atoms with van der Waals surface area (Å²) in [4.78, 5) is 30.0.